The molecule has 1 aliphatic heterocycles. The summed E-state index contributed by atoms with van der Waals surface area (Å²) in [5.41, 5.74) is 6.46. The minimum absolute atomic E-state index is 0.894. The fourth-order valence-corrected chi connectivity index (χ4v) is 6.03. The minimum Gasteiger partial charge on any atom is -0.354 e. The van der Waals surface area contributed by atoms with Crippen molar-refractivity contribution in [2.45, 2.75) is 9.79 Å². The molecule has 0 unspecified atom stereocenters. The van der Waals surface area contributed by atoms with Gasteiger partial charge in [-0.05, 0) is 36.4 Å². The summed E-state index contributed by atoms with van der Waals surface area (Å²) in [6, 6.07) is 25.2. The van der Waals surface area contributed by atoms with E-state index in [0.29, 0.717) is 0 Å². The lowest BCUT2D eigenvalue weighted by Gasteiger charge is -2.01. The van der Waals surface area contributed by atoms with Gasteiger partial charge in [-0.2, -0.15) is 0 Å². The Morgan fingerprint density at radius 3 is 1.50 bits per heavy atom. The van der Waals surface area contributed by atoms with E-state index in [4.69, 9.17) is 0 Å². The van der Waals surface area contributed by atoms with Crippen LogP contribution < -0.4 is 0 Å². The van der Waals surface area contributed by atoms with Crippen molar-refractivity contribution < 1.29 is 4.21 Å². The Balaban J connectivity index is 1.60. The Labute approximate surface area is 162 Å². The van der Waals surface area contributed by atoms with Gasteiger partial charge in [-0.15, -0.1) is 0 Å². The molecule has 3 heterocycles. The molecular weight excluding hydrogens is 364 g/mol. The summed E-state index contributed by atoms with van der Waals surface area (Å²) in [4.78, 5) is 8.72. The molecule has 7 rings (SSSR count). The van der Waals surface area contributed by atoms with Crippen LogP contribution in [0.5, 0.6) is 0 Å². The molecule has 3 nitrogen and oxygen atoms in total. The third-order valence-corrected chi connectivity index (χ3v) is 7.38. The van der Waals surface area contributed by atoms with Crippen LogP contribution in [0.4, 0.5) is 0 Å². The van der Waals surface area contributed by atoms with Crippen molar-refractivity contribution in [2.24, 2.45) is 0 Å². The molecule has 6 aromatic rings. The van der Waals surface area contributed by atoms with Gasteiger partial charge in [0.2, 0.25) is 0 Å². The zero-order valence-corrected chi connectivity index (χ0v) is 15.6. The normalized spacial score (nSPS) is 13.7. The number of para-hydroxylation sites is 2. The molecule has 0 aliphatic carbocycles. The van der Waals surface area contributed by atoms with E-state index in [-0.39, 0.29) is 0 Å². The Kier molecular flexibility index (Phi) is 2.57. The highest BCUT2D eigenvalue weighted by molar-refractivity contribution is 7.85. The third kappa shape index (κ3) is 1.71. The van der Waals surface area contributed by atoms with E-state index in [2.05, 4.69) is 70.6 Å². The van der Waals surface area contributed by atoms with Crippen LogP contribution in [0.25, 0.3) is 54.7 Å². The molecule has 4 aromatic carbocycles. The summed E-state index contributed by atoms with van der Waals surface area (Å²) in [6.45, 7) is 0. The zero-order chi connectivity index (χ0) is 18.4. The second-order valence-corrected chi connectivity index (χ2v) is 8.81. The number of aromatic amines is 2. The maximum atomic E-state index is 13.3. The van der Waals surface area contributed by atoms with Crippen LogP contribution >= 0.6 is 0 Å². The van der Waals surface area contributed by atoms with Gasteiger partial charge in [-0.1, -0.05) is 36.4 Å². The molecule has 4 heteroatoms. The Morgan fingerprint density at radius 2 is 1.00 bits per heavy atom. The molecule has 28 heavy (non-hydrogen) atoms. The van der Waals surface area contributed by atoms with E-state index in [1.54, 1.807) is 0 Å². The number of hydrogen-bond donors (Lipinski definition) is 2. The van der Waals surface area contributed by atoms with Crippen LogP contribution in [-0.2, 0) is 10.8 Å². The van der Waals surface area contributed by atoms with E-state index >= 15 is 0 Å². The van der Waals surface area contributed by atoms with Crippen molar-refractivity contribution >= 4 is 54.4 Å². The van der Waals surface area contributed by atoms with Crippen LogP contribution in [0.1, 0.15) is 0 Å². The van der Waals surface area contributed by atoms with Crippen molar-refractivity contribution in [3.8, 4) is 11.1 Å². The fourth-order valence-electron chi connectivity index (χ4n) is 4.60. The lowest BCUT2D eigenvalue weighted by Crippen LogP contribution is -1.86. The zero-order valence-electron chi connectivity index (χ0n) is 14.7. The molecule has 1 aliphatic rings. The maximum absolute atomic E-state index is 13.3. The van der Waals surface area contributed by atoms with Gasteiger partial charge in [-0.25, -0.2) is 4.21 Å². The number of hydrogen-bond acceptors (Lipinski definition) is 1. The number of H-pyrrole nitrogens is 2. The van der Waals surface area contributed by atoms with E-state index in [9.17, 15) is 4.21 Å². The smallest absolute Gasteiger partial charge is 0.0863 e. The monoisotopic (exact) mass is 378 g/mol. The quantitative estimate of drug-likeness (QED) is 0.329. The van der Waals surface area contributed by atoms with Gasteiger partial charge in [-0.3, -0.25) is 0 Å². The molecule has 2 aromatic heterocycles. The van der Waals surface area contributed by atoms with Gasteiger partial charge in [0.15, 0.2) is 0 Å². The SMILES string of the molecule is O=S1c2cc3[nH]c4ccccc4c3cc2-c2cc3c(cc21)[nH]c1ccccc13. The van der Waals surface area contributed by atoms with Crippen molar-refractivity contribution in [1.29, 1.82) is 0 Å². The van der Waals surface area contributed by atoms with Crippen molar-refractivity contribution in [2.75, 3.05) is 0 Å². The molecule has 0 spiro atoms. The van der Waals surface area contributed by atoms with Gasteiger partial charge >= 0.3 is 0 Å². The first-order valence-corrected chi connectivity index (χ1v) is 10.4. The molecule has 0 atom stereocenters. The standard InChI is InChI=1S/C24H14N2OS/c27-28-23-11-21-15(13-5-1-3-7-19(13)25-21)9-17(23)18-10-16-14-6-2-4-8-20(14)26-22(16)12-24(18)28/h1-12,25-26H. The molecule has 0 amide bonds. The Hall–Kier alpha value is -3.37. The number of benzene rings is 4. The third-order valence-electron chi connectivity index (χ3n) is 5.90. The highest BCUT2D eigenvalue weighted by Gasteiger charge is 2.28. The lowest BCUT2D eigenvalue weighted by molar-refractivity contribution is 0.685. The van der Waals surface area contributed by atoms with E-state index in [0.717, 1.165) is 43.0 Å². The summed E-state index contributed by atoms with van der Waals surface area (Å²) in [5, 5.41) is 4.76. The van der Waals surface area contributed by atoms with Crippen molar-refractivity contribution in [3.05, 3.63) is 72.8 Å². The molecule has 2 N–H and O–H groups in total. The maximum Gasteiger partial charge on any atom is 0.0863 e. The van der Waals surface area contributed by atoms with E-state index in [1.807, 2.05) is 12.1 Å². The van der Waals surface area contributed by atoms with Crippen molar-refractivity contribution in [1.82, 2.24) is 9.97 Å². The first-order chi connectivity index (χ1) is 13.8. The van der Waals surface area contributed by atoms with Crippen LogP contribution in [-0.4, -0.2) is 14.2 Å². The summed E-state index contributed by atoms with van der Waals surface area (Å²) in [5.74, 6) is 0. The number of fused-ring (bicyclic) bond motifs is 9. The number of rotatable bonds is 0. The van der Waals surface area contributed by atoms with E-state index in [1.165, 1.54) is 21.5 Å². The predicted molar refractivity (Wildman–Crippen MR) is 115 cm³/mol. The minimum atomic E-state index is -1.17. The number of nitrogens with one attached hydrogen (secondary N) is 2. The molecule has 0 saturated carbocycles. The number of aromatic nitrogens is 2. The average molecular weight is 378 g/mol. The van der Waals surface area contributed by atoms with Crippen LogP contribution in [0.2, 0.25) is 0 Å². The molecule has 0 radical (unpaired) electrons. The summed E-state index contributed by atoms with van der Waals surface area (Å²) < 4.78 is 13.3. The summed E-state index contributed by atoms with van der Waals surface area (Å²) in [7, 11) is -1.17. The van der Waals surface area contributed by atoms with E-state index < -0.39 is 10.8 Å². The second kappa shape index (κ2) is 4.91. The van der Waals surface area contributed by atoms with Gasteiger partial charge in [0.25, 0.3) is 0 Å². The topological polar surface area (TPSA) is 48.6 Å². The molecule has 0 bridgehead atoms. The molecule has 132 valence electrons. The van der Waals surface area contributed by atoms with Crippen molar-refractivity contribution in [3.63, 3.8) is 0 Å². The fraction of sp³-hybridized carbons (Fsp3) is 0. The Morgan fingerprint density at radius 1 is 0.536 bits per heavy atom. The second-order valence-electron chi connectivity index (χ2n) is 7.40. The highest BCUT2D eigenvalue weighted by atomic mass is 32.2. The predicted octanol–water partition coefficient (Wildman–Crippen LogP) is 6.10. The molecular formula is C24H14N2OS. The molecule has 0 saturated heterocycles. The summed E-state index contributed by atoms with van der Waals surface area (Å²) in [6.07, 6.45) is 0. The molecule has 0 fully saturated rings. The van der Waals surface area contributed by atoms with Gasteiger partial charge < -0.3 is 9.97 Å². The van der Waals surface area contributed by atoms with Gasteiger partial charge in [0, 0.05) is 54.7 Å². The largest absolute Gasteiger partial charge is 0.354 e. The lowest BCUT2D eigenvalue weighted by atomic mass is 10.0. The van der Waals surface area contributed by atoms with Crippen LogP contribution in [0.3, 0.4) is 0 Å². The first-order valence-electron chi connectivity index (χ1n) is 9.29. The van der Waals surface area contributed by atoms with Gasteiger partial charge in [0.05, 0.1) is 20.6 Å². The van der Waals surface area contributed by atoms with Crippen LogP contribution in [0.15, 0.2) is 82.6 Å². The highest BCUT2D eigenvalue weighted by Crippen LogP contribution is 2.46. The average Bonchev–Trinajstić information content (AvgIpc) is 3.35. The Bertz CT molecular complexity index is 1520. The van der Waals surface area contributed by atoms with Gasteiger partial charge in [0.1, 0.15) is 0 Å². The summed E-state index contributed by atoms with van der Waals surface area (Å²) >= 11 is 0. The van der Waals surface area contributed by atoms with Crippen LogP contribution in [0, 0.1) is 0 Å². The first kappa shape index (κ1) is 14.7.